The van der Waals surface area contributed by atoms with E-state index in [2.05, 4.69) is 25.7 Å². The summed E-state index contributed by atoms with van der Waals surface area (Å²) in [6.45, 7) is 6.11. The van der Waals surface area contributed by atoms with Crippen molar-refractivity contribution < 1.29 is 18.3 Å². The van der Waals surface area contributed by atoms with E-state index in [0.29, 0.717) is 31.0 Å². The maximum atomic E-state index is 12.6. The summed E-state index contributed by atoms with van der Waals surface area (Å²) >= 11 is 0. The highest BCUT2D eigenvalue weighted by Gasteiger charge is 2.10. The van der Waals surface area contributed by atoms with Gasteiger partial charge in [-0.15, -0.1) is 24.0 Å². The molecule has 0 radical (unpaired) electrons. The molecule has 3 N–H and O–H groups in total. The zero-order valence-electron chi connectivity index (χ0n) is 16.9. The predicted molar refractivity (Wildman–Crippen MR) is 119 cm³/mol. The largest absolute Gasteiger partial charge is 0.434 e. The predicted octanol–water partition coefficient (Wildman–Crippen LogP) is 3.57. The number of carbonyl (C=O) groups is 1. The van der Waals surface area contributed by atoms with Crippen molar-refractivity contribution in [1.82, 2.24) is 16.0 Å². The first-order chi connectivity index (χ1) is 12.8. The molecule has 1 rings (SSSR count). The number of carbonyl (C=O) groups excluding carboxylic acids is 1. The molecule has 1 atom stereocenters. The van der Waals surface area contributed by atoms with Gasteiger partial charge in [-0.1, -0.05) is 24.6 Å². The van der Waals surface area contributed by atoms with Crippen molar-refractivity contribution in [3.05, 3.63) is 29.3 Å². The molecule has 0 aliphatic heterocycles. The number of benzene rings is 1. The van der Waals surface area contributed by atoms with E-state index in [1.807, 2.05) is 27.7 Å². The van der Waals surface area contributed by atoms with Crippen LogP contribution in [-0.2, 0) is 11.3 Å². The van der Waals surface area contributed by atoms with E-state index in [1.165, 1.54) is 6.07 Å². The molecule has 28 heavy (non-hydrogen) atoms. The van der Waals surface area contributed by atoms with E-state index < -0.39 is 6.61 Å². The van der Waals surface area contributed by atoms with Crippen molar-refractivity contribution in [1.29, 1.82) is 0 Å². The topological polar surface area (TPSA) is 74.8 Å². The summed E-state index contributed by atoms with van der Waals surface area (Å²) in [4.78, 5) is 16.2. The van der Waals surface area contributed by atoms with Crippen LogP contribution in [0.25, 0.3) is 0 Å². The van der Waals surface area contributed by atoms with Gasteiger partial charge in [-0.2, -0.15) is 8.78 Å². The third-order valence-corrected chi connectivity index (χ3v) is 3.85. The Morgan fingerprint density at radius 1 is 1.25 bits per heavy atom. The lowest BCUT2D eigenvalue weighted by atomic mass is 10.1. The van der Waals surface area contributed by atoms with Crippen LogP contribution in [0.15, 0.2) is 23.2 Å². The first-order valence-corrected chi connectivity index (χ1v) is 9.21. The summed E-state index contributed by atoms with van der Waals surface area (Å²) in [5.41, 5.74) is 1.50. The Morgan fingerprint density at radius 3 is 2.57 bits per heavy atom. The monoisotopic (exact) mass is 512 g/mol. The Bertz CT molecular complexity index is 630. The quantitative estimate of drug-likeness (QED) is 0.255. The molecule has 1 amide bonds. The number of nitrogens with one attached hydrogen (secondary N) is 3. The minimum Gasteiger partial charge on any atom is -0.434 e. The molecule has 160 valence electrons. The highest BCUT2D eigenvalue weighted by molar-refractivity contribution is 14.0. The number of ether oxygens (including phenoxy) is 1. The highest BCUT2D eigenvalue weighted by atomic mass is 127. The van der Waals surface area contributed by atoms with Crippen LogP contribution in [-0.4, -0.2) is 37.6 Å². The van der Waals surface area contributed by atoms with Gasteiger partial charge in [0.25, 0.3) is 0 Å². The van der Waals surface area contributed by atoms with Crippen LogP contribution < -0.4 is 20.7 Å². The number of hydrogen-bond donors (Lipinski definition) is 3. The van der Waals surface area contributed by atoms with Crippen LogP contribution in [0.5, 0.6) is 5.75 Å². The van der Waals surface area contributed by atoms with Gasteiger partial charge in [0.15, 0.2) is 5.96 Å². The highest BCUT2D eigenvalue weighted by Crippen LogP contribution is 2.22. The summed E-state index contributed by atoms with van der Waals surface area (Å²) < 4.78 is 29.7. The third kappa shape index (κ3) is 10.6. The standard InChI is InChI=1S/C19H30F2N4O2.HI/c1-5-14(4)25-17(26)9-10-23-19(22-6-2)24-12-15-11-13(3)7-8-16(15)27-18(20)21;/h7-8,11,14,18H,5-6,9-10,12H2,1-4H3,(H,25,26)(H2,22,23,24);1H. The van der Waals surface area contributed by atoms with Crippen LogP contribution >= 0.6 is 24.0 Å². The summed E-state index contributed by atoms with van der Waals surface area (Å²) in [7, 11) is 0. The molecule has 0 fully saturated rings. The SMILES string of the molecule is CCNC(=NCc1cc(C)ccc1OC(F)F)NCCC(=O)NC(C)CC.I. The number of rotatable bonds is 10. The van der Waals surface area contributed by atoms with E-state index in [9.17, 15) is 13.6 Å². The van der Waals surface area contributed by atoms with Gasteiger partial charge in [0.05, 0.1) is 6.54 Å². The maximum Gasteiger partial charge on any atom is 0.387 e. The Kier molecular flexibility index (Phi) is 13.5. The second-order valence-electron chi connectivity index (χ2n) is 6.24. The third-order valence-electron chi connectivity index (χ3n) is 3.85. The van der Waals surface area contributed by atoms with Crippen LogP contribution in [0.4, 0.5) is 8.78 Å². The molecule has 0 spiro atoms. The minimum atomic E-state index is -2.88. The van der Waals surface area contributed by atoms with Gasteiger partial charge >= 0.3 is 6.61 Å². The molecule has 6 nitrogen and oxygen atoms in total. The van der Waals surface area contributed by atoms with Gasteiger partial charge < -0.3 is 20.7 Å². The van der Waals surface area contributed by atoms with E-state index in [1.54, 1.807) is 12.1 Å². The lowest BCUT2D eigenvalue weighted by Gasteiger charge is -2.14. The van der Waals surface area contributed by atoms with Crippen molar-refractivity contribution in [2.45, 2.75) is 59.7 Å². The zero-order chi connectivity index (χ0) is 20.2. The second-order valence-corrected chi connectivity index (χ2v) is 6.24. The average molecular weight is 512 g/mol. The Labute approximate surface area is 182 Å². The Hall–Kier alpha value is -1.65. The van der Waals surface area contributed by atoms with Gasteiger partial charge in [-0.3, -0.25) is 4.79 Å². The van der Waals surface area contributed by atoms with Crippen LogP contribution in [0.1, 0.15) is 44.7 Å². The normalized spacial score (nSPS) is 12.2. The molecular formula is C19H31F2IN4O2. The number of aliphatic imine (C=N–C) groups is 1. The number of amides is 1. The van der Waals surface area contributed by atoms with E-state index in [-0.39, 0.29) is 48.2 Å². The molecular weight excluding hydrogens is 481 g/mol. The number of halogens is 3. The van der Waals surface area contributed by atoms with Gasteiger partial charge in [0.2, 0.25) is 5.91 Å². The molecule has 9 heteroatoms. The second kappa shape index (κ2) is 14.4. The number of alkyl halides is 2. The fourth-order valence-corrected chi connectivity index (χ4v) is 2.29. The van der Waals surface area contributed by atoms with Gasteiger partial charge in [0, 0.05) is 31.1 Å². The Morgan fingerprint density at radius 2 is 1.96 bits per heavy atom. The first-order valence-electron chi connectivity index (χ1n) is 9.21. The van der Waals surface area contributed by atoms with Gasteiger partial charge in [0.1, 0.15) is 5.75 Å². The fraction of sp³-hybridized carbons (Fsp3) is 0.579. The molecule has 0 aromatic heterocycles. The Balaban J connectivity index is 0.00000729. The lowest BCUT2D eigenvalue weighted by molar-refractivity contribution is -0.121. The molecule has 1 aromatic carbocycles. The van der Waals surface area contributed by atoms with E-state index in [4.69, 9.17) is 0 Å². The molecule has 1 aromatic rings. The molecule has 0 aliphatic carbocycles. The molecule has 0 heterocycles. The van der Waals surface area contributed by atoms with Gasteiger partial charge in [-0.25, -0.2) is 4.99 Å². The average Bonchev–Trinajstić information content (AvgIpc) is 2.61. The van der Waals surface area contributed by atoms with Crippen molar-refractivity contribution >= 4 is 35.8 Å². The lowest BCUT2D eigenvalue weighted by Crippen LogP contribution is -2.40. The van der Waals surface area contributed by atoms with Gasteiger partial charge in [-0.05, 0) is 33.3 Å². The van der Waals surface area contributed by atoms with Crippen molar-refractivity contribution in [2.75, 3.05) is 13.1 Å². The number of hydrogen-bond acceptors (Lipinski definition) is 3. The maximum absolute atomic E-state index is 12.6. The number of guanidine groups is 1. The summed E-state index contributed by atoms with van der Waals surface area (Å²) in [5, 5.41) is 9.05. The smallest absolute Gasteiger partial charge is 0.387 e. The molecule has 0 saturated carbocycles. The van der Waals surface area contributed by atoms with Crippen LogP contribution in [0.3, 0.4) is 0 Å². The molecule has 1 unspecified atom stereocenters. The van der Waals surface area contributed by atoms with E-state index >= 15 is 0 Å². The zero-order valence-corrected chi connectivity index (χ0v) is 19.2. The van der Waals surface area contributed by atoms with Crippen molar-refractivity contribution in [3.8, 4) is 5.75 Å². The van der Waals surface area contributed by atoms with Crippen molar-refractivity contribution in [3.63, 3.8) is 0 Å². The molecule has 0 saturated heterocycles. The number of nitrogens with zero attached hydrogens (tertiary/aromatic N) is 1. The van der Waals surface area contributed by atoms with E-state index in [0.717, 1.165) is 12.0 Å². The fourth-order valence-electron chi connectivity index (χ4n) is 2.29. The van der Waals surface area contributed by atoms with Crippen LogP contribution in [0.2, 0.25) is 0 Å². The van der Waals surface area contributed by atoms with Crippen molar-refractivity contribution in [2.24, 2.45) is 4.99 Å². The summed E-state index contributed by atoms with van der Waals surface area (Å²) in [5.74, 6) is 0.598. The molecule has 0 bridgehead atoms. The number of aryl methyl sites for hydroxylation is 1. The van der Waals surface area contributed by atoms with Crippen LogP contribution in [0, 0.1) is 6.92 Å². The minimum absolute atomic E-state index is 0. The molecule has 0 aliphatic rings. The first kappa shape index (κ1) is 26.4. The summed E-state index contributed by atoms with van der Waals surface area (Å²) in [6.07, 6.45) is 1.20. The summed E-state index contributed by atoms with van der Waals surface area (Å²) in [6, 6.07) is 5.15.